The molecule has 2 aliphatic heterocycles. The second kappa shape index (κ2) is 15.1. The molecular formula is C34H49N5O4. The molecule has 4 rings (SSSR count). The van der Waals surface area contributed by atoms with E-state index in [0.717, 1.165) is 54.5 Å². The number of allylic oxidation sites excluding steroid dienone is 2. The predicted octanol–water partition coefficient (Wildman–Crippen LogP) is 5.77. The van der Waals surface area contributed by atoms with Gasteiger partial charge in [0, 0.05) is 62.2 Å². The van der Waals surface area contributed by atoms with Crippen molar-refractivity contribution >= 4 is 29.7 Å². The largest absolute Gasteiger partial charge is 0.379 e. The summed E-state index contributed by atoms with van der Waals surface area (Å²) < 4.78 is 4.94. The smallest absolute Gasteiger partial charge is 0.253 e. The maximum absolute atomic E-state index is 13.0. The fourth-order valence-electron chi connectivity index (χ4n) is 4.98. The van der Waals surface area contributed by atoms with E-state index in [2.05, 4.69) is 5.32 Å². The second-order valence-electron chi connectivity index (χ2n) is 12.6. The van der Waals surface area contributed by atoms with E-state index in [1.165, 1.54) is 0 Å². The molecule has 1 aliphatic carbocycles. The van der Waals surface area contributed by atoms with E-state index in [4.69, 9.17) is 9.73 Å². The highest BCUT2D eigenvalue weighted by atomic mass is 16.5. The molecule has 0 atom stereocenters. The number of benzene rings is 1. The van der Waals surface area contributed by atoms with Crippen LogP contribution in [0.2, 0.25) is 0 Å². The average Bonchev–Trinajstić information content (AvgIpc) is 3.51. The maximum atomic E-state index is 13.0. The van der Waals surface area contributed by atoms with Crippen molar-refractivity contribution in [2.45, 2.75) is 85.8 Å². The van der Waals surface area contributed by atoms with E-state index in [0.29, 0.717) is 43.4 Å². The Kier molecular flexibility index (Phi) is 11.9. The number of carbonyl (C=O) groups is 3. The van der Waals surface area contributed by atoms with Crippen LogP contribution in [0.3, 0.4) is 0 Å². The maximum Gasteiger partial charge on any atom is 0.253 e. The fraction of sp³-hybridized carbons (Fsp3) is 0.529. The summed E-state index contributed by atoms with van der Waals surface area (Å²) in [6.07, 6.45) is 8.60. The zero-order valence-electron chi connectivity index (χ0n) is 27.2. The molecule has 0 radical (unpaired) electrons. The Morgan fingerprint density at radius 3 is 2.05 bits per heavy atom. The summed E-state index contributed by atoms with van der Waals surface area (Å²) in [5, 5.41) is 3.41. The molecule has 43 heavy (non-hydrogen) atoms. The molecule has 9 heteroatoms. The molecule has 1 aromatic carbocycles. The zero-order valence-corrected chi connectivity index (χ0v) is 27.2. The van der Waals surface area contributed by atoms with Gasteiger partial charge in [0.05, 0.1) is 5.60 Å². The number of hydrogen-bond acceptors (Lipinski definition) is 6. The van der Waals surface area contributed by atoms with Crippen LogP contribution >= 0.6 is 0 Å². The fourth-order valence-corrected chi connectivity index (χ4v) is 4.98. The third kappa shape index (κ3) is 9.38. The summed E-state index contributed by atoms with van der Waals surface area (Å²) in [5.74, 6) is 1.33. The lowest BCUT2D eigenvalue weighted by atomic mass is 10.0. The summed E-state index contributed by atoms with van der Waals surface area (Å²) in [5.41, 5.74) is 4.53. The van der Waals surface area contributed by atoms with Crippen molar-refractivity contribution in [3.05, 3.63) is 64.5 Å². The van der Waals surface area contributed by atoms with Crippen LogP contribution in [-0.2, 0) is 14.3 Å². The third-order valence-electron chi connectivity index (χ3n) is 7.78. The van der Waals surface area contributed by atoms with Crippen molar-refractivity contribution in [1.29, 1.82) is 0 Å². The lowest BCUT2D eigenvalue weighted by molar-refractivity contribution is -0.124. The number of anilines is 1. The standard InChI is InChI=1S/C29H37N5O3.C5H12O/c1-20(2)25-13-14-26(36)34(24-7-5-6-8-24)28(25)31-27(21(3)4)30-23-11-9-22(10-12-23)29(37)33-17-15-32(19-35)16-18-33;1-5(2,3)6-4/h9-14,19,24,30H,5-8,15-18H2,1-4H3;1-4H3/b31-28+;. The lowest BCUT2D eigenvalue weighted by Crippen LogP contribution is -2.48. The number of aliphatic imine (C=N–C) groups is 1. The second-order valence-corrected chi connectivity index (χ2v) is 12.6. The predicted molar refractivity (Wildman–Crippen MR) is 173 cm³/mol. The first kappa shape index (κ1) is 33.8. The molecule has 1 aromatic rings. The molecule has 0 spiro atoms. The van der Waals surface area contributed by atoms with E-state index in [-0.39, 0.29) is 23.5 Å². The monoisotopic (exact) mass is 591 g/mol. The molecule has 0 aromatic heterocycles. The first-order chi connectivity index (χ1) is 20.3. The Morgan fingerprint density at radius 1 is 0.977 bits per heavy atom. The minimum Gasteiger partial charge on any atom is -0.379 e. The van der Waals surface area contributed by atoms with Crippen molar-refractivity contribution < 1.29 is 19.1 Å². The minimum atomic E-state index is -0.0345. The molecule has 3 amide bonds. The minimum absolute atomic E-state index is 0.0133. The Hall–Kier alpha value is -3.72. The van der Waals surface area contributed by atoms with Gasteiger partial charge in [-0.1, -0.05) is 18.4 Å². The van der Waals surface area contributed by atoms with Crippen molar-refractivity contribution in [3.63, 3.8) is 0 Å². The van der Waals surface area contributed by atoms with Crippen LogP contribution in [0.1, 0.15) is 84.5 Å². The summed E-state index contributed by atoms with van der Waals surface area (Å²) in [7, 11) is 1.71. The molecule has 1 saturated carbocycles. The van der Waals surface area contributed by atoms with Crippen molar-refractivity contribution in [1.82, 2.24) is 14.7 Å². The molecule has 0 bridgehead atoms. The Balaban J connectivity index is 0.000000765. The number of hydrogen-bond donors (Lipinski definition) is 1. The molecule has 1 N–H and O–H groups in total. The Morgan fingerprint density at radius 2 is 1.56 bits per heavy atom. The van der Waals surface area contributed by atoms with Gasteiger partial charge < -0.3 is 19.9 Å². The first-order valence-corrected chi connectivity index (χ1v) is 15.2. The van der Waals surface area contributed by atoms with Crippen molar-refractivity contribution in [2.24, 2.45) is 4.99 Å². The van der Waals surface area contributed by atoms with E-state index >= 15 is 0 Å². The summed E-state index contributed by atoms with van der Waals surface area (Å²) in [6, 6.07) is 7.54. The van der Waals surface area contributed by atoms with Gasteiger partial charge in [0.1, 0.15) is 11.7 Å². The van der Waals surface area contributed by atoms with Gasteiger partial charge in [0.2, 0.25) is 6.41 Å². The van der Waals surface area contributed by atoms with Crippen LogP contribution in [0.4, 0.5) is 5.69 Å². The van der Waals surface area contributed by atoms with Gasteiger partial charge in [-0.2, -0.15) is 0 Å². The summed E-state index contributed by atoms with van der Waals surface area (Å²) in [4.78, 5) is 47.2. The van der Waals surface area contributed by atoms with E-state index in [1.54, 1.807) is 23.0 Å². The number of methoxy groups -OCH3 is 1. The van der Waals surface area contributed by atoms with Gasteiger partial charge in [0.25, 0.3) is 11.8 Å². The SMILES string of the molecule is CC(C)=C(/N=C1\C(=C(C)C)C=CC(=O)N1C1CCCC1)Nc1ccc(C(=O)N2CCN(C=O)CC2)cc1.COC(C)(C)C. The van der Waals surface area contributed by atoms with Gasteiger partial charge in [0.15, 0.2) is 0 Å². The number of nitrogens with zero attached hydrogens (tertiary/aromatic N) is 4. The number of nitrogens with one attached hydrogen (secondary N) is 1. The highest BCUT2D eigenvalue weighted by molar-refractivity contribution is 6.16. The van der Waals surface area contributed by atoms with Crippen molar-refractivity contribution in [2.75, 3.05) is 38.6 Å². The number of rotatable bonds is 6. The number of amides is 3. The number of piperazine rings is 1. The van der Waals surface area contributed by atoms with E-state index < -0.39 is 0 Å². The molecule has 2 fully saturated rings. The highest BCUT2D eigenvalue weighted by Crippen LogP contribution is 2.30. The number of ether oxygens (including phenoxy) is 1. The first-order valence-electron chi connectivity index (χ1n) is 15.2. The third-order valence-corrected chi connectivity index (χ3v) is 7.78. The summed E-state index contributed by atoms with van der Waals surface area (Å²) >= 11 is 0. The van der Waals surface area contributed by atoms with Gasteiger partial charge in [-0.15, -0.1) is 0 Å². The van der Waals surface area contributed by atoms with Crippen LogP contribution in [0.15, 0.2) is 64.0 Å². The van der Waals surface area contributed by atoms with Crippen LogP contribution in [-0.4, -0.2) is 83.7 Å². The topological polar surface area (TPSA) is 94.5 Å². The molecular weight excluding hydrogens is 542 g/mol. The quantitative estimate of drug-likeness (QED) is 0.424. The van der Waals surface area contributed by atoms with Gasteiger partial charge in [-0.3, -0.25) is 19.3 Å². The lowest BCUT2D eigenvalue weighted by Gasteiger charge is -2.33. The number of amidine groups is 1. The normalized spacial score (nSPS) is 18.4. The molecule has 2 heterocycles. The molecule has 9 nitrogen and oxygen atoms in total. The van der Waals surface area contributed by atoms with Gasteiger partial charge in [-0.05, 0) is 97.2 Å². The van der Waals surface area contributed by atoms with Gasteiger partial charge in [-0.25, -0.2) is 4.99 Å². The molecule has 1 saturated heterocycles. The average molecular weight is 592 g/mol. The van der Waals surface area contributed by atoms with Crippen LogP contribution < -0.4 is 5.32 Å². The number of carbonyl (C=O) groups excluding carboxylic acids is 3. The zero-order chi connectivity index (χ0) is 31.7. The Bertz CT molecular complexity index is 1260. The molecule has 3 aliphatic rings. The van der Waals surface area contributed by atoms with Gasteiger partial charge >= 0.3 is 0 Å². The van der Waals surface area contributed by atoms with E-state index in [1.807, 2.05) is 83.7 Å². The molecule has 234 valence electrons. The van der Waals surface area contributed by atoms with E-state index in [9.17, 15) is 14.4 Å². The highest BCUT2D eigenvalue weighted by Gasteiger charge is 2.33. The summed E-state index contributed by atoms with van der Waals surface area (Å²) in [6.45, 7) is 16.3. The van der Waals surface area contributed by atoms with Crippen LogP contribution in [0, 0.1) is 0 Å². The van der Waals surface area contributed by atoms with Crippen LogP contribution in [0.25, 0.3) is 0 Å². The van der Waals surface area contributed by atoms with Crippen molar-refractivity contribution in [3.8, 4) is 0 Å². The van der Waals surface area contributed by atoms with Crippen LogP contribution in [0.5, 0.6) is 0 Å². The molecule has 0 unspecified atom stereocenters. The Labute approximate surface area is 257 Å².